The maximum Gasteiger partial charge on any atom is 0.335 e. The Morgan fingerprint density at radius 3 is 3.00 bits per heavy atom. The topological polar surface area (TPSA) is 57.3 Å². The van der Waals surface area contributed by atoms with Crippen molar-refractivity contribution in [1.29, 1.82) is 0 Å². The molecule has 2 fully saturated rings. The van der Waals surface area contributed by atoms with Crippen LogP contribution in [0.5, 0.6) is 0 Å². The Kier molecular flexibility index (Phi) is 3.56. The summed E-state index contributed by atoms with van der Waals surface area (Å²) in [6, 6.07) is 0. The molecule has 3 atom stereocenters. The minimum atomic E-state index is -0.379. The Balaban J connectivity index is 1.58. The standard InChI is InChI=1S/C10H16O5/c1-12-14-6-10(11)13-5-7-2-3-8-9(4-7)15-8/h7-9H,2-6H2,1H3. The first kappa shape index (κ1) is 10.9. The van der Waals surface area contributed by atoms with Gasteiger partial charge in [-0.2, -0.15) is 0 Å². The molecule has 0 radical (unpaired) electrons. The van der Waals surface area contributed by atoms with Gasteiger partial charge in [0.1, 0.15) is 0 Å². The molecule has 1 aliphatic carbocycles. The molecule has 2 rings (SSSR count). The second kappa shape index (κ2) is 4.92. The molecule has 3 unspecified atom stereocenters. The predicted molar refractivity (Wildman–Crippen MR) is 49.9 cm³/mol. The fourth-order valence-electron chi connectivity index (χ4n) is 2.00. The second-order valence-corrected chi connectivity index (χ2v) is 4.00. The molecule has 1 aliphatic heterocycles. The van der Waals surface area contributed by atoms with E-state index in [0.29, 0.717) is 24.7 Å². The number of rotatable bonds is 5. The summed E-state index contributed by atoms with van der Waals surface area (Å²) in [6.07, 6.45) is 4.12. The number of epoxide rings is 1. The molecule has 0 amide bonds. The molecule has 5 heteroatoms. The van der Waals surface area contributed by atoms with Crippen LogP contribution in [0.3, 0.4) is 0 Å². The highest BCUT2D eigenvalue weighted by Crippen LogP contribution is 2.39. The lowest BCUT2D eigenvalue weighted by Gasteiger charge is -2.18. The maximum atomic E-state index is 11.1. The van der Waals surface area contributed by atoms with Crippen molar-refractivity contribution in [3.63, 3.8) is 0 Å². The lowest BCUT2D eigenvalue weighted by molar-refractivity contribution is -0.272. The van der Waals surface area contributed by atoms with Crippen LogP contribution in [-0.4, -0.2) is 38.5 Å². The molecule has 5 nitrogen and oxygen atoms in total. The van der Waals surface area contributed by atoms with E-state index >= 15 is 0 Å². The third kappa shape index (κ3) is 3.15. The monoisotopic (exact) mass is 216 g/mol. The molecule has 0 aromatic heterocycles. The van der Waals surface area contributed by atoms with Gasteiger partial charge in [-0.05, 0) is 25.2 Å². The Morgan fingerprint density at radius 2 is 2.27 bits per heavy atom. The zero-order valence-corrected chi connectivity index (χ0v) is 8.81. The Morgan fingerprint density at radius 1 is 1.40 bits per heavy atom. The van der Waals surface area contributed by atoms with Gasteiger partial charge in [0.2, 0.25) is 0 Å². The summed E-state index contributed by atoms with van der Waals surface area (Å²) in [7, 11) is 1.36. The SMILES string of the molecule is COOCC(=O)OCC1CCC2OC2C1. The molecule has 0 aromatic rings. The van der Waals surface area contributed by atoms with Gasteiger partial charge in [-0.3, -0.25) is 0 Å². The highest BCUT2D eigenvalue weighted by molar-refractivity contribution is 5.70. The highest BCUT2D eigenvalue weighted by atomic mass is 17.2. The lowest BCUT2D eigenvalue weighted by atomic mass is 9.90. The van der Waals surface area contributed by atoms with E-state index < -0.39 is 0 Å². The van der Waals surface area contributed by atoms with Crippen LogP contribution in [0.2, 0.25) is 0 Å². The minimum absolute atomic E-state index is 0.147. The smallest absolute Gasteiger partial charge is 0.335 e. The van der Waals surface area contributed by atoms with Crippen molar-refractivity contribution in [1.82, 2.24) is 0 Å². The van der Waals surface area contributed by atoms with Gasteiger partial charge >= 0.3 is 5.97 Å². The van der Waals surface area contributed by atoms with E-state index in [4.69, 9.17) is 9.47 Å². The van der Waals surface area contributed by atoms with Gasteiger partial charge in [-0.15, -0.1) is 0 Å². The van der Waals surface area contributed by atoms with E-state index in [1.807, 2.05) is 0 Å². The average molecular weight is 216 g/mol. The van der Waals surface area contributed by atoms with Crippen LogP contribution in [0.15, 0.2) is 0 Å². The molecular weight excluding hydrogens is 200 g/mol. The van der Waals surface area contributed by atoms with Crippen LogP contribution >= 0.6 is 0 Å². The normalized spacial score (nSPS) is 33.3. The molecule has 86 valence electrons. The quantitative estimate of drug-likeness (QED) is 0.293. The molecule has 0 N–H and O–H groups in total. The predicted octanol–water partition coefficient (Wildman–Crippen LogP) is 0.675. The Bertz CT molecular complexity index is 230. The van der Waals surface area contributed by atoms with Crippen LogP contribution in [0.1, 0.15) is 19.3 Å². The summed E-state index contributed by atoms with van der Waals surface area (Å²) in [5, 5.41) is 0. The summed E-state index contributed by atoms with van der Waals surface area (Å²) in [5.41, 5.74) is 0. The highest BCUT2D eigenvalue weighted by Gasteiger charge is 2.43. The number of ether oxygens (including phenoxy) is 2. The van der Waals surface area contributed by atoms with E-state index in [-0.39, 0.29) is 12.6 Å². The molecule has 2 aliphatic rings. The molecule has 0 aromatic carbocycles. The number of hydrogen-bond donors (Lipinski definition) is 0. The van der Waals surface area contributed by atoms with E-state index in [1.54, 1.807) is 0 Å². The van der Waals surface area contributed by atoms with Crippen molar-refractivity contribution in [3.8, 4) is 0 Å². The van der Waals surface area contributed by atoms with Crippen molar-refractivity contribution in [3.05, 3.63) is 0 Å². The largest absolute Gasteiger partial charge is 0.464 e. The minimum Gasteiger partial charge on any atom is -0.464 e. The van der Waals surface area contributed by atoms with Crippen molar-refractivity contribution >= 4 is 5.97 Å². The van der Waals surface area contributed by atoms with E-state index in [9.17, 15) is 4.79 Å². The second-order valence-electron chi connectivity index (χ2n) is 4.00. The van der Waals surface area contributed by atoms with Crippen LogP contribution in [0.4, 0.5) is 0 Å². The van der Waals surface area contributed by atoms with Gasteiger partial charge in [0.25, 0.3) is 0 Å². The van der Waals surface area contributed by atoms with Crippen LogP contribution in [0, 0.1) is 5.92 Å². The van der Waals surface area contributed by atoms with Gasteiger partial charge in [0.15, 0.2) is 6.61 Å². The fourth-order valence-corrected chi connectivity index (χ4v) is 2.00. The first-order valence-corrected chi connectivity index (χ1v) is 5.26. The average Bonchev–Trinajstić information content (AvgIpc) is 3.01. The Labute approximate surface area is 88.6 Å². The number of esters is 1. The van der Waals surface area contributed by atoms with Crippen molar-refractivity contribution in [2.75, 3.05) is 20.3 Å². The first-order valence-electron chi connectivity index (χ1n) is 5.26. The number of fused-ring (bicyclic) bond motifs is 1. The lowest BCUT2D eigenvalue weighted by Crippen LogP contribution is -2.22. The van der Waals surface area contributed by atoms with Gasteiger partial charge < -0.3 is 9.47 Å². The summed E-state index contributed by atoms with van der Waals surface area (Å²) in [6.45, 7) is 0.324. The number of carbonyl (C=O) groups excluding carboxylic acids is 1. The van der Waals surface area contributed by atoms with Gasteiger partial charge in [-0.1, -0.05) is 0 Å². The van der Waals surface area contributed by atoms with E-state index in [1.165, 1.54) is 7.11 Å². The van der Waals surface area contributed by atoms with Crippen molar-refractivity contribution < 1.29 is 24.0 Å². The fraction of sp³-hybridized carbons (Fsp3) is 0.900. The molecule has 0 spiro atoms. The molecule has 1 saturated heterocycles. The van der Waals surface area contributed by atoms with Crippen molar-refractivity contribution in [2.45, 2.75) is 31.5 Å². The molecular formula is C10H16O5. The van der Waals surface area contributed by atoms with Gasteiger partial charge in [0, 0.05) is 0 Å². The molecule has 1 heterocycles. The van der Waals surface area contributed by atoms with E-state index in [2.05, 4.69) is 9.78 Å². The summed E-state index contributed by atoms with van der Waals surface area (Å²) < 4.78 is 10.4. The van der Waals surface area contributed by atoms with Crippen LogP contribution in [0.25, 0.3) is 0 Å². The molecule has 15 heavy (non-hydrogen) atoms. The maximum absolute atomic E-state index is 11.1. The number of hydrogen-bond acceptors (Lipinski definition) is 5. The Hall–Kier alpha value is -0.650. The third-order valence-electron chi connectivity index (χ3n) is 2.89. The zero-order valence-electron chi connectivity index (χ0n) is 8.81. The van der Waals surface area contributed by atoms with Crippen LogP contribution in [-0.2, 0) is 24.0 Å². The zero-order chi connectivity index (χ0) is 10.7. The summed E-state index contributed by atoms with van der Waals surface area (Å²) >= 11 is 0. The summed E-state index contributed by atoms with van der Waals surface area (Å²) in [4.78, 5) is 19.9. The molecule has 1 saturated carbocycles. The van der Waals surface area contributed by atoms with Gasteiger partial charge in [0.05, 0.1) is 25.9 Å². The first-order chi connectivity index (χ1) is 7.29. The summed E-state index contributed by atoms with van der Waals surface area (Å²) in [5.74, 6) is 0.0657. The third-order valence-corrected chi connectivity index (χ3v) is 2.89. The molecule has 0 bridgehead atoms. The van der Waals surface area contributed by atoms with Crippen molar-refractivity contribution in [2.24, 2.45) is 5.92 Å². The van der Waals surface area contributed by atoms with E-state index in [0.717, 1.165) is 19.3 Å². The number of carbonyl (C=O) groups is 1. The van der Waals surface area contributed by atoms with Crippen LogP contribution < -0.4 is 0 Å². The van der Waals surface area contributed by atoms with Gasteiger partial charge in [-0.25, -0.2) is 14.6 Å².